The number of aromatic nitrogens is 4. The van der Waals surface area contributed by atoms with Crippen LogP contribution in [0.1, 0.15) is 93.2 Å². The predicted octanol–water partition coefficient (Wildman–Crippen LogP) is 4.14. The number of piperidine rings is 2. The molecule has 60 heavy (non-hydrogen) atoms. The third kappa shape index (κ3) is 7.02. The van der Waals surface area contributed by atoms with Crippen molar-refractivity contribution in [3.05, 3.63) is 65.4 Å². The molecule has 4 aliphatic heterocycles. The quantitative estimate of drug-likeness (QED) is 0.220. The van der Waals surface area contributed by atoms with Gasteiger partial charge in [0.1, 0.15) is 5.82 Å². The molecule has 0 bridgehead atoms. The summed E-state index contributed by atoms with van der Waals surface area (Å²) in [4.78, 5) is 53.4. The van der Waals surface area contributed by atoms with Crippen LogP contribution in [-0.4, -0.2) is 111 Å². The van der Waals surface area contributed by atoms with Crippen LogP contribution >= 0.6 is 0 Å². The van der Waals surface area contributed by atoms with Gasteiger partial charge in [-0.2, -0.15) is 14.4 Å². The number of aliphatic hydroxyl groups excluding tert-OH is 1. The van der Waals surface area contributed by atoms with Crippen molar-refractivity contribution in [3.63, 3.8) is 0 Å². The molecule has 316 valence electrons. The second-order valence-corrected chi connectivity index (χ2v) is 19.6. The monoisotopic (exact) mass is 836 g/mol. The van der Waals surface area contributed by atoms with Gasteiger partial charge in [0.15, 0.2) is 5.82 Å². The van der Waals surface area contributed by atoms with Crippen LogP contribution in [0.2, 0.25) is 0 Å². The van der Waals surface area contributed by atoms with E-state index in [0.717, 1.165) is 80.1 Å². The molecule has 2 atom stereocenters. The van der Waals surface area contributed by atoms with Gasteiger partial charge in [0.05, 0.1) is 21.9 Å². The van der Waals surface area contributed by atoms with Gasteiger partial charge in [0.2, 0.25) is 27.8 Å². The summed E-state index contributed by atoms with van der Waals surface area (Å²) < 4.78 is 31.3. The van der Waals surface area contributed by atoms with Crippen molar-refractivity contribution in [2.45, 2.75) is 112 Å². The van der Waals surface area contributed by atoms with Gasteiger partial charge in [-0.15, -0.1) is 0 Å². The minimum absolute atomic E-state index is 0.0138. The average Bonchev–Trinajstić information content (AvgIpc) is 3.94. The highest BCUT2D eigenvalue weighted by Gasteiger charge is 2.61. The average molecular weight is 837 g/mol. The number of sulfonamides is 1. The first-order valence-electron chi connectivity index (χ1n) is 21.5. The summed E-state index contributed by atoms with van der Waals surface area (Å²) in [5, 5.41) is 21.7. The first kappa shape index (κ1) is 39.2. The van der Waals surface area contributed by atoms with E-state index in [1.165, 1.54) is 10.5 Å². The SMILES string of the molecule is Cn1nc(N2CCC(=O)NC2=O)c2ccc(C3CCN(Cc4cccc(S(=O)(=O)N5CCC(Nc6ncc7c(n6)N([C@@H]6CCC[C@@H](O)C6)C(=O)C76CC6)CC5)c4)CC3)cc21. The zero-order chi connectivity index (χ0) is 41.3. The van der Waals surface area contributed by atoms with Crippen molar-refractivity contribution in [2.75, 3.05) is 47.8 Å². The first-order valence-corrected chi connectivity index (χ1v) is 23.0. The zero-order valence-corrected chi connectivity index (χ0v) is 34.7. The van der Waals surface area contributed by atoms with Crippen molar-refractivity contribution in [1.29, 1.82) is 0 Å². The molecule has 16 nitrogen and oxygen atoms in total. The van der Waals surface area contributed by atoms with E-state index >= 15 is 0 Å². The number of aliphatic hydroxyl groups is 1. The number of nitrogens with zero attached hydrogens (tertiary/aromatic N) is 8. The normalized spacial score (nSPS) is 24.3. The lowest BCUT2D eigenvalue weighted by Crippen LogP contribution is -2.49. The van der Waals surface area contributed by atoms with E-state index in [1.807, 2.05) is 36.2 Å². The fraction of sp³-hybridized carbons (Fsp3) is 0.535. The Morgan fingerprint density at radius 1 is 0.933 bits per heavy atom. The number of fused-ring (bicyclic) bond motifs is 3. The van der Waals surface area contributed by atoms with Gasteiger partial charge in [-0.05, 0) is 119 Å². The molecule has 2 saturated carbocycles. The van der Waals surface area contributed by atoms with Crippen molar-refractivity contribution < 1.29 is 27.9 Å². The molecule has 2 aromatic carbocycles. The second-order valence-electron chi connectivity index (χ2n) is 17.7. The van der Waals surface area contributed by atoms with Crippen LogP contribution in [0.15, 0.2) is 53.6 Å². The summed E-state index contributed by atoms with van der Waals surface area (Å²) in [7, 11) is -1.83. The maximum atomic E-state index is 13.9. The fourth-order valence-corrected chi connectivity index (χ4v) is 11.8. The molecule has 10 rings (SSSR count). The van der Waals surface area contributed by atoms with Gasteiger partial charge in [-0.25, -0.2) is 18.2 Å². The van der Waals surface area contributed by atoms with Crippen molar-refractivity contribution in [2.24, 2.45) is 7.05 Å². The number of carbonyl (C=O) groups is 3. The first-order chi connectivity index (χ1) is 29.0. The number of amides is 4. The standard InChI is InChI=1S/C43H52N10O6S/c1-49-36-23-29(8-9-34(36)38(48-49)52-21-14-37(55)46-42(52)57)28-10-17-50(18-11-28)26-27-4-2-7-33(22-27)60(58,59)51-19-12-30(13-20-51)45-41-44-25-35-39(47-41)53(40(56)43(35)15-16-43)31-5-3-6-32(54)24-31/h2,4,7-9,22-23,25,28,30-32,54H,3,5-6,10-21,24,26H2,1H3,(H,44,45,47)(H,46,55,57)/t31-,32-/m1/s1. The van der Waals surface area contributed by atoms with Crippen LogP contribution in [0.4, 0.5) is 22.4 Å². The largest absolute Gasteiger partial charge is 0.393 e. The highest BCUT2D eigenvalue weighted by Crippen LogP contribution is 2.57. The zero-order valence-electron chi connectivity index (χ0n) is 33.9. The van der Waals surface area contributed by atoms with Crippen LogP contribution < -0.4 is 20.4 Å². The number of rotatable bonds is 9. The van der Waals surface area contributed by atoms with Gasteiger partial charge in [0, 0.05) is 68.9 Å². The van der Waals surface area contributed by atoms with Crippen molar-refractivity contribution in [3.8, 4) is 0 Å². The van der Waals surface area contributed by atoms with E-state index in [-0.39, 0.29) is 30.3 Å². The summed E-state index contributed by atoms with van der Waals surface area (Å²) in [6.45, 7) is 3.47. The molecule has 3 N–H and O–H groups in total. The van der Waals surface area contributed by atoms with Gasteiger partial charge in [0.25, 0.3) is 0 Å². The Kier molecular flexibility index (Phi) is 9.92. The van der Waals surface area contributed by atoms with Gasteiger partial charge in [-0.3, -0.25) is 34.3 Å². The topological polar surface area (TPSA) is 186 Å². The molecule has 17 heteroatoms. The molecule has 4 aromatic rings. The van der Waals surface area contributed by atoms with Crippen LogP contribution in [-0.2, 0) is 38.6 Å². The minimum Gasteiger partial charge on any atom is -0.393 e. The number of anilines is 3. The number of urea groups is 1. The number of hydrogen-bond acceptors (Lipinski definition) is 11. The maximum absolute atomic E-state index is 13.9. The molecule has 5 fully saturated rings. The lowest BCUT2D eigenvalue weighted by atomic mass is 9.89. The predicted molar refractivity (Wildman–Crippen MR) is 224 cm³/mol. The number of carbonyl (C=O) groups excluding carboxylic acids is 3. The second kappa shape index (κ2) is 15.2. The van der Waals surface area contributed by atoms with Crippen molar-refractivity contribution >= 4 is 56.4 Å². The summed E-state index contributed by atoms with van der Waals surface area (Å²) in [5.41, 5.74) is 3.53. The molecule has 0 radical (unpaired) electrons. The van der Waals surface area contributed by atoms with Crippen molar-refractivity contribution in [1.82, 2.24) is 34.3 Å². The van der Waals surface area contributed by atoms with E-state index in [4.69, 9.17) is 4.98 Å². The highest BCUT2D eigenvalue weighted by atomic mass is 32.2. The van der Waals surface area contributed by atoms with E-state index in [0.29, 0.717) is 73.8 Å². The van der Waals surface area contributed by atoms with Gasteiger partial charge in [-0.1, -0.05) is 18.2 Å². The molecule has 3 saturated heterocycles. The molecule has 1 spiro atoms. The van der Waals surface area contributed by atoms with E-state index < -0.39 is 27.6 Å². The Morgan fingerprint density at radius 2 is 1.73 bits per heavy atom. The highest BCUT2D eigenvalue weighted by molar-refractivity contribution is 7.89. The Balaban J connectivity index is 0.741. The number of benzene rings is 2. The Labute approximate surface area is 349 Å². The number of likely N-dealkylation sites (tertiary alicyclic amines) is 1. The summed E-state index contributed by atoms with van der Waals surface area (Å²) in [6.07, 6.45) is 9.43. The van der Waals surface area contributed by atoms with Crippen LogP contribution in [0.5, 0.6) is 0 Å². The summed E-state index contributed by atoms with van der Waals surface area (Å²) >= 11 is 0. The van der Waals surface area contributed by atoms with E-state index in [2.05, 4.69) is 37.7 Å². The molecule has 4 amide bonds. The Hall–Kier alpha value is -4.97. The lowest BCUT2D eigenvalue weighted by molar-refractivity contribution is -0.121. The fourth-order valence-electron chi connectivity index (χ4n) is 10.3. The molecule has 0 unspecified atom stereocenters. The lowest BCUT2D eigenvalue weighted by Gasteiger charge is -2.34. The molecular weight excluding hydrogens is 785 g/mol. The minimum atomic E-state index is -3.70. The third-order valence-corrected chi connectivity index (χ3v) is 15.7. The van der Waals surface area contributed by atoms with Crippen LogP contribution in [0, 0.1) is 0 Å². The summed E-state index contributed by atoms with van der Waals surface area (Å²) in [5.74, 6) is 1.86. The van der Waals surface area contributed by atoms with E-state index in [9.17, 15) is 27.9 Å². The molecule has 2 aliphatic carbocycles. The third-order valence-electron chi connectivity index (χ3n) is 13.8. The molecule has 2 aromatic heterocycles. The molecule has 6 aliphatic rings. The molecule has 6 heterocycles. The smallest absolute Gasteiger partial charge is 0.329 e. The van der Waals surface area contributed by atoms with Crippen LogP contribution in [0.3, 0.4) is 0 Å². The van der Waals surface area contributed by atoms with Gasteiger partial charge >= 0.3 is 6.03 Å². The van der Waals surface area contributed by atoms with Gasteiger partial charge < -0.3 is 10.4 Å². The Bertz CT molecular complexity index is 2470. The van der Waals surface area contributed by atoms with E-state index in [1.54, 1.807) is 21.3 Å². The summed E-state index contributed by atoms with van der Waals surface area (Å²) in [6, 6.07) is 13.1. The Morgan fingerprint density at radius 3 is 2.48 bits per heavy atom. The van der Waals surface area contributed by atoms with Crippen LogP contribution in [0.25, 0.3) is 10.9 Å². The number of nitrogens with one attached hydrogen (secondary N) is 2. The number of imide groups is 1. The number of hydrogen-bond donors (Lipinski definition) is 3. The molecular formula is C43H52N10O6S. The maximum Gasteiger partial charge on any atom is 0.329 e. The number of aryl methyl sites for hydroxylation is 1.